The summed E-state index contributed by atoms with van der Waals surface area (Å²) < 4.78 is 5.21. The molecule has 196 valence electrons. The van der Waals surface area contributed by atoms with Gasteiger partial charge in [-0.15, -0.1) is 23.1 Å². The highest BCUT2D eigenvalue weighted by Gasteiger charge is 2.20. The van der Waals surface area contributed by atoms with E-state index in [1.54, 1.807) is 7.11 Å². The van der Waals surface area contributed by atoms with Gasteiger partial charge in [-0.2, -0.15) is 0 Å². The van der Waals surface area contributed by atoms with Gasteiger partial charge in [-0.3, -0.25) is 9.59 Å². The van der Waals surface area contributed by atoms with Crippen LogP contribution in [0, 0.1) is 0 Å². The van der Waals surface area contributed by atoms with E-state index in [2.05, 4.69) is 15.6 Å². The molecule has 0 spiro atoms. The van der Waals surface area contributed by atoms with Crippen LogP contribution in [-0.2, 0) is 4.79 Å². The Labute approximate surface area is 235 Å². The summed E-state index contributed by atoms with van der Waals surface area (Å²) in [5, 5.41) is 10.2. The normalized spacial score (nSPS) is 11.6. The summed E-state index contributed by atoms with van der Waals surface area (Å²) in [6.07, 6.45) is 0.640. The summed E-state index contributed by atoms with van der Waals surface area (Å²) >= 11 is 2.86. The number of amides is 2. The highest BCUT2D eigenvalue weighted by atomic mass is 32.2. The Bertz CT molecular complexity index is 1620. The molecule has 1 unspecified atom stereocenters. The molecule has 0 saturated carbocycles. The standard InChI is InChI=1S/C31H27N3O3S2/c1-3-28(30(36)34-31-33-27(19-38-31)21-13-15-25(37-2)16-14-21)39-26-10-6-9-24(18-26)32-29(35)23-12-11-20-7-4-5-8-22(20)17-23/h4-19,28H,3H2,1-2H3,(H,32,35)(H,33,34,36). The van der Waals surface area contributed by atoms with E-state index in [1.165, 1.54) is 23.1 Å². The van der Waals surface area contributed by atoms with Crippen molar-refractivity contribution in [1.29, 1.82) is 0 Å². The number of nitrogens with zero attached hydrogens (tertiary/aromatic N) is 1. The molecular weight excluding hydrogens is 526 g/mol. The zero-order chi connectivity index (χ0) is 27.2. The Morgan fingerprint density at radius 1 is 0.923 bits per heavy atom. The molecule has 0 aliphatic carbocycles. The van der Waals surface area contributed by atoms with Crippen molar-refractivity contribution in [2.45, 2.75) is 23.5 Å². The molecule has 0 radical (unpaired) electrons. The number of ether oxygens (including phenoxy) is 1. The van der Waals surface area contributed by atoms with Gasteiger partial charge in [0.2, 0.25) is 5.91 Å². The fourth-order valence-electron chi connectivity index (χ4n) is 4.08. The second-order valence-electron chi connectivity index (χ2n) is 8.81. The first-order valence-electron chi connectivity index (χ1n) is 12.5. The zero-order valence-electron chi connectivity index (χ0n) is 21.5. The predicted molar refractivity (Wildman–Crippen MR) is 161 cm³/mol. The van der Waals surface area contributed by atoms with E-state index in [4.69, 9.17) is 4.74 Å². The monoisotopic (exact) mass is 553 g/mol. The SMILES string of the molecule is CCC(Sc1cccc(NC(=O)c2ccc3ccccc3c2)c1)C(=O)Nc1nc(-c2ccc(OC)cc2)cs1. The lowest BCUT2D eigenvalue weighted by atomic mass is 10.1. The number of benzene rings is 4. The van der Waals surface area contributed by atoms with Gasteiger partial charge >= 0.3 is 0 Å². The molecule has 0 bridgehead atoms. The van der Waals surface area contributed by atoms with Gasteiger partial charge in [0.05, 0.1) is 18.1 Å². The summed E-state index contributed by atoms with van der Waals surface area (Å²) in [4.78, 5) is 31.5. The summed E-state index contributed by atoms with van der Waals surface area (Å²) in [6.45, 7) is 1.98. The number of thiazole rings is 1. The predicted octanol–water partition coefficient (Wildman–Crippen LogP) is 7.73. The maximum atomic E-state index is 13.1. The number of rotatable bonds is 9. The number of carbonyl (C=O) groups excluding carboxylic acids is 2. The molecule has 8 heteroatoms. The minimum absolute atomic E-state index is 0.108. The van der Waals surface area contributed by atoms with Crippen LogP contribution in [-0.4, -0.2) is 29.2 Å². The van der Waals surface area contributed by atoms with Gasteiger partial charge in [0.1, 0.15) is 5.75 Å². The van der Waals surface area contributed by atoms with Crippen molar-refractivity contribution in [2.24, 2.45) is 0 Å². The molecule has 0 aliphatic heterocycles. The third kappa shape index (κ3) is 6.47. The number of carbonyl (C=O) groups is 2. The molecule has 0 aliphatic rings. The fourth-order valence-corrected chi connectivity index (χ4v) is 5.81. The number of nitrogens with one attached hydrogen (secondary N) is 2. The molecular formula is C31H27N3O3S2. The molecule has 5 rings (SSSR count). The molecule has 1 atom stereocenters. The van der Waals surface area contributed by atoms with Crippen LogP contribution in [0.25, 0.3) is 22.0 Å². The van der Waals surface area contributed by atoms with Crippen molar-refractivity contribution in [1.82, 2.24) is 4.98 Å². The zero-order valence-corrected chi connectivity index (χ0v) is 23.1. The van der Waals surface area contributed by atoms with Crippen molar-refractivity contribution in [3.8, 4) is 17.0 Å². The molecule has 5 aromatic rings. The van der Waals surface area contributed by atoms with Crippen LogP contribution in [0.2, 0.25) is 0 Å². The number of fused-ring (bicyclic) bond motifs is 1. The van der Waals surface area contributed by atoms with Crippen LogP contribution in [0.3, 0.4) is 0 Å². The third-order valence-corrected chi connectivity index (χ3v) is 8.28. The first kappa shape index (κ1) is 26.5. The third-order valence-electron chi connectivity index (χ3n) is 6.17. The van der Waals surface area contributed by atoms with E-state index in [-0.39, 0.29) is 17.1 Å². The molecule has 1 heterocycles. The van der Waals surface area contributed by atoms with E-state index in [1.807, 2.05) is 103 Å². The number of methoxy groups -OCH3 is 1. The molecule has 0 saturated heterocycles. The molecule has 1 aromatic heterocycles. The Balaban J connectivity index is 1.22. The Kier molecular flexibility index (Phi) is 8.24. The summed E-state index contributed by atoms with van der Waals surface area (Å²) in [5.41, 5.74) is 3.03. The topological polar surface area (TPSA) is 80.3 Å². The lowest BCUT2D eigenvalue weighted by Gasteiger charge is -2.14. The van der Waals surface area contributed by atoms with Gasteiger partial charge in [-0.25, -0.2) is 4.98 Å². The lowest BCUT2D eigenvalue weighted by Crippen LogP contribution is -2.24. The van der Waals surface area contributed by atoms with Crippen LogP contribution in [0.15, 0.2) is 101 Å². The average Bonchev–Trinajstić information content (AvgIpc) is 3.44. The molecule has 2 amide bonds. The Morgan fingerprint density at radius 2 is 1.72 bits per heavy atom. The van der Waals surface area contributed by atoms with Crippen LogP contribution >= 0.6 is 23.1 Å². The highest BCUT2D eigenvalue weighted by molar-refractivity contribution is 8.00. The number of thioether (sulfide) groups is 1. The average molecular weight is 554 g/mol. The first-order valence-corrected chi connectivity index (χ1v) is 14.3. The maximum absolute atomic E-state index is 13.1. The quantitative estimate of drug-likeness (QED) is 0.183. The van der Waals surface area contributed by atoms with Crippen molar-refractivity contribution in [3.63, 3.8) is 0 Å². The lowest BCUT2D eigenvalue weighted by molar-refractivity contribution is -0.115. The largest absolute Gasteiger partial charge is 0.497 e. The van der Waals surface area contributed by atoms with Crippen LogP contribution < -0.4 is 15.4 Å². The van der Waals surface area contributed by atoms with Gasteiger partial charge in [0, 0.05) is 27.1 Å². The van der Waals surface area contributed by atoms with Crippen LogP contribution in [0.4, 0.5) is 10.8 Å². The molecule has 4 aromatic carbocycles. The van der Waals surface area contributed by atoms with Crippen LogP contribution in [0.5, 0.6) is 5.75 Å². The van der Waals surface area contributed by atoms with Gasteiger partial charge < -0.3 is 15.4 Å². The van der Waals surface area contributed by atoms with E-state index in [0.29, 0.717) is 22.8 Å². The highest BCUT2D eigenvalue weighted by Crippen LogP contribution is 2.31. The van der Waals surface area contributed by atoms with Crippen molar-refractivity contribution in [2.75, 3.05) is 17.7 Å². The smallest absolute Gasteiger partial charge is 0.255 e. The number of aromatic nitrogens is 1. The van der Waals surface area contributed by atoms with E-state index in [9.17, 15) is 9.59 Å². The molecule has 2 N–H and O–H groups in total. The number of hydrogen-bond donors (Lipinski definition) is 2. The second-order valence-corrected chi connectivity index (χ2v) is 10.9. The number of hydrogen-bond acceptors (Lipinski definition) is 6. The minimum atomic E-state index is -0.315. The van der Waals surface area contributed by atoms with E-state index < -0.39 is 0 Å². The molecule has 6 nitrogen and oxygen atoms in total. The summed E-state index contributed by atoms with van der Waals surface area (Å²) in [6, 6.07) is 28.8. The Morgan fingerprint density at radius 3 is 2.49 bits per heavy atom. The second kappa shape index (κ2) is 12.1. The fraction of sp³-hybridized carbons (Fsp3) is 0.129. The van der Waals surface area contributed by atoms with Crippen molar-refractivity contribution >= 4 is 56.5 Å². The van der Waals surface area contributed by atoms with E-state index in [0.717, 1.165) is 32.7 Å². The molecule has 39 heavy (non-hydrogen) atoms. The van der Waals surface area contributed by atoms with E-state index >= 15 is 0 Å². The van der Waals surface area contributed by atoms with Crippen molar-refractivity contribution in [3.05, 3.63) is 102 Å². The van der Waals surface area contributed by atoms with Crippen LogP contribution in [0.1, 0.15) is 23.7 Å². The molecule has 0 fully saturated rings. The Hall–Kier alpha value is -4.14. The van der Waals surface area contributed by atoms with Gasteiger partial charge in [-0.1, -0.05) is 43.3 Å². The first-order chi connectivity index (χ1) is 19.0. The van der Waals surface area contributed by atoms with Gasteiger partial charge in [0.25, 0.3) is 5.91 Å². The van der Waals surface area contributed by atoms with Crippen molar-refractivity contribution < 1.29 is 14.3 Å². The minimum Gasteiger partial charge on any atom is -0.497 e. The number of anilines is 2. The van der Waals surface area contributed by atoms with Gasteiger partial charge in [0.15, 0.2) is 5.13 Å². The summed E-state index contributed by atoms with van der Waals surface area (Å²) in [7, 11) is 1.63. The van der Waals surface area contributed by atoms with Gasteiger partial charge in [-0.05, 0) is 71.8 Å². The maximum Gasteiger partial charge on any atom is 0.255 e. The summed E-state index contributed by atoms with van der Waals surface area (Å²) in [5.74, 6) is 0.496.